The van der Waals surface area contributed by atoms with E-state index >= 15 is 0 Å². The molecule has 255 valence electrons. The van der Waals surface area contributed by atoms with Crippen LogP contribution in [0.2, 0.25) is 0 Å². The molecular weight excluding hydrogens is 532 g/mol. The first-order chi connectivity index (χ1) is 21.1. The Morgan fingerprint density at radius 2 is 0.605 bits per heavy atom. The Morgan fingerprint density at radius 3 is 0.814 bits per heavy atom. The fourth-order valence-electron chi connectivity index (χ4n) is 6.20. The highest BCUT2D eigenvalue weighted by atomic mass is 16.3. The Bertz CT molecular complexity index is 544. The smallest absolute Gasteiger partial charge is 0.150 e. The van der Waals surface area contributed by atoms with E-state index in [0.29, 0.717) is 12.8 Å². The predicted molar refractivity (Wildman–Crippen MR) is 185 cm³/mol. The van der Waals surface area contributed by atoms with Crippen molar-refractivity contribution in [2.75, 3.05) is 6.61 Å². The van der Waals surface area contributed by atoms with Gasteiger partial charge in [-0.2, -0.15) is 0 Å². The Kier molecular flexibility index (Phi) is 33.6. The number of hydrogen-bond acceptors (Lipinski definition) is 4. The van der Waals surface area contributed by atoms with E-state index in [2.05, 4.69) is 13.8 Å². The topological polar surface area (TPSA) is 74.6 Å². The van der Waals surface area contributed by atoms with Gasteiger partial charge in [0.15, 0.2) is 11.6 Å². The third-order valence-electron chi connectivity index (χ3n) is 9.12. The van der Waals surface area contributed by atoms with Crippen LogP contribution in [0.3, 0.4) is 0 Å². The number of aliphatic hydroxyl groups is 2. The van der Waals surface area contributed by atoms with E-state index < -0.39 is 12.7 Å². The molecule has 4 nitrogen and oxygen atoms in total. The molecule has 4 heteroatoms. The van der Waals surface area contributed by atoms with Gasteiger partial charge in [-0.25, -0.2) is 0 Å². The number of ketones is 2. The summed E-state index contributed by atoms with van der Waals surface area (Å²) in [6.07, 6.45) is 37.3. The molecule has 0 aliphatic rings. The average molecular weight is 608 g/mol. The lowest BCUT2D eigenvalue weighted by atomic mass is 9.87. The number of Topliss-reactive ketones (excluding diaryl/α,β-unsaturated/α-hetero) is 2. The Labute approximate surface area is 269 Å². The molecule has 0 aliphatic heterocycles. The molecule has 1 atom stereocenters. The molecule has 2 N–H and O–H groups in total. The van der Waals surface area contributed by atoms with Crippen molar-refractivity contribution < 1.29 is 19.8 Å². The summed E-state index contributed by atoms with van der Waals surface area (Å²) in [5.74, 6) is -0.581. The summed E-state index contributed by atoms with van der Waals surface area (Å²) in [7, 11) is 0. The van der Waals surface area contributed by atoms with Gasteiger partial charge in [-0.05, 0) is 12.8 Å². The maximum atomic E-state index is 12.8. The van der Waals surface area contributed by atoms with Gasteiger partial charge in [0.25, 0.3) is 0 Å². The van der Waals surface area contributed by atoms with E-state index in [9.17, 15) is 19.8 Å². The maximum Gasteiger partial charge on any atom is 0.150 e. The molecule has 0 rings (SSSR count). The Balaban J connectivity index is 3.77. The standard InChI is InChI=1S/C39H75O4/c1-3-5-7-9-11-13-15-17-19-21-23-25-27-29-31-33-36(41)39(38(43)35-40)37(42)34-32-30-28-26-24-22-20-18-16-14-12-10-8-6-4-2/h38,40,43H,3-35H2,1-2H3. The van der Waals surface area contributed by atoms with Crippen molar-refractivity contribution in [2.24, 2.45) is 0 Å². The zero-order valence-corrected chi connectivity index (χ0v) is 29.1. The van der Waals surface area contributed by atoms with Crippen LogP contribution in [0.25, 0.3) is 0 Å². The fraction of sp³-hybridized carbons (Fsp3) is 0.923. The maximum absolute atomic E-state index is 12.8. The van der Waals surface area contributed by atoms with Gasteiger partial charge in [0.1, 0.15) is 5.92 Å². The van der Waals surface area contributed by atoms with Crippen LogP contribution in [-0.2, 0) is 9.59 Å². The molecule has 0 spiro atoms. The summed E-state index contributed by atoms with van der Waals surface area (Å²) >= 11 is 0. The van der Waals surface area contributed by atoms with E-state index in [1.54, 1.807) is 0 Å². The van der Waals surface area contributed by atoms with Gasteiger partial charge in [0.2, 0.25) is 0 Å². The van der Waals surface area contributed by atoms with Crippen LogP contribution in [0.5, 0.6) is 0 Å². The molecule has 0 aromatic carbocycles. The van der Waals surface area contributed by atoms with Gasteiger partial charge in [-0.15, -0.1) is 0 Å². The van der Waals surface area contributed by atoms with Gasteiger partial charge in [-0.1, -0.05) is 194 Å². The lowest BCUT2D eigenvalue weighted by Crippen LogP contribution is -2.35. The molecule has 0 saturated carbocycles. The van der Waals surface area contributed by atoms with E-state index in [-0.39, 0.29) is 17.5 Å². The second-order valence-corrected chi connectivity index (χ2v) is 13.4. The minimum atomic E-state index is -1.34. The molecule has 0 bridgehead atoms. The van der Waals surface area contributed by atoms with Crippen LogP contribution in [-0.4, -0.2) is 34.5 Å². The third-order valence-corrected chi connectivity index (χ3v) is 9.12. The number of carbonyl (C=O) groups excluding carboxylic acids is 2. The summed E-state index contributed by atoms with van der Waals surface area (Å²) < 4.78 is 0. The number of aliphatic hydroxyl groups excluding tert-OH is 2. The summed E-state index contributed by atoms with van der Waals surface area (Å²) in [6.45, 7) is 3.97. The SMILES string of the molecule is CCCCCCCCCCCCCCCCCC(=O)[C](C(=O)CCCCCCCCCCCCCCCCC)C(O)CO. The highest BCUT2D eigenvalue weighted by Gasteiger charge is 2.33. The third kappa shape index (κ3) is 28.5. The largest absolute Gasteiger partial charge is 0.394 e. The van der Waals surface area contributed by atoms with E-state index in [1.165, 1.54) is 154 Å². The second kappa shape index (κ2) is 34.1. The van der Waals surface area contributed by atoms with Crippen molar-refractivity contribution >= 4 is 11.6 Å². The first-order valence-corrected chi connectivity index (χ1v) is 19.3. The van der Waals surface area contributed by atoms with Crippen LogP contribution in [0.1, 0.15) is 219 Å². The highest BCUT2D eigenvalue weighted by Crippen LogP contribution is 2.20. The van der Waals surface area contributed by atoms with Crippen LogP contribution >= 0.6 is 0 Å². The Morgan fingerprint density at radius 1 is 0.395 bits per heavy atom. The first-order valence-electron chi connectivity index (χ1n) is 19.3. The van der Waals surface area contributed by atoms with Gasteiger partial charge < -0.3 is 10.2 Å². The predicted octanol–water partition coefficient (Wildman–Crippen LogP) is 11.6. The molecule has 1 radical (unpaired) electrons. The quantitative estimate of drug-likeness (QED) is 0.0549. The van der Waals surface area contributed by atoms with Crippen LogP contribution in [0.4, 0.5) is 0 Å². The molecule has 1 unspecified atom stereocenters. The average Bonchev–Trinajstić information content (AvgIpc) is 3.01. The highest BCUT2D eigenvalue weighted by molar-refractivity contribution is 6.17. The van der Waals surface area contributed by atoms with Crippen LogP contribution in [0.15, 0.2) is 0 Å². The molecular formula is C39H75O4. The van der Waals surface area contributed by atoms with Gasteiger partial charge >= 0.3 is 0 Å². The number of hydrogen-bond donors (Lipinski definition) is 2. The monoisotopic (exact) mass is 608 g/mol. The van der Waals surface area contributed by atoms with Crippen molar-refractivity contribution in [3.8, 4) is 0 Å². The lowest BCUT2D eigenvalue weighted by Gasteiger charge is -2.18. The van der Waals surface area contributed by atoms with E-state index in [1.807, 2.05) is 0 Å². The molecule has 0 heterocycles. The number of carbonyl (C=O) groups is 2. The first kappa shape index (κ1) is 42.3. The molecule has 0 aromatic heterocycles. The van der Waals surface area contributed by atoms with Crippen molar-refractivity contribution in [1.82, 2.24) is 0 Å². The zero-order valence-electron chi connectivity index (χ0n) is 29.1. The number of unbranched alkanes of at least 4 members (excludes halogenated alkanes) is 28. The van der Waals surface area contributed by atoms with E-state index in [4.69, 9.17) is 0 Å². The Hall–Kier alpha value is -0.740. The summed E-state index contributed by atoms with van der Waals surface area (Å²) in [5.41, 5.74) is 0. The van der Waals surface area contributed by atoms with Crippen molar-refractivity contribution in [3.63, 3.8) is 0 Å². The summed E-state index contributed by atoms with van der Waals surface area (Å²) in [4.78, 5) is 25.5. The minimum Gasteiger partial charge on any atom is -0.394 e. The van der Waals surface area contributed by atoms with Crippen molar-refractivity contribution in [2.45, 2.75) is 225 Å². The second-order valence-electron chi connectivity index (χ2n) is 13.4. The normalized spacial score (nSPS) is 12.3. The van der Waals surface area contributed by atoms with Crippen LogP contribution < -0.4 is 0 Å². The molecule has 43 heavy (non-hydrogen) atoms. The van der Waals surface area contributed by atoms with Crippen LogP contribution in [0, 0.1) is 5.92 Å². The lowest BCUT2D eigenvalue weighted by molar-refractivity contribution is -0.127. The van der Waals surface area contributed by atoms with Gasteiger partial charge in [0, 0.05) is 12.8 Å². The molecule has 0 aromatic rings. The molecule has 0 aliphatic carbocycles. The summed E-state index contributed by atoms with van der Waals surface area (Å²) in [6, 6.07) is 0. The molecule has 0 fully saturated rings. The number of rotatable bonds is 36. The molecule has 0 amide bonds. The summed E-state index contributed by atoms with van der Waals surface area (Å²) in [5, 5.41) is 19.6. The van der Waals surface area contributed by atoms with Crippen molar-refractivity contribution in [3.05, 3.63) is 5.92 Å². The van der Waals surface area contributed by atoms with Crippen molar-refractivity contribution in [1.29, 1.82) is 0 Å². The molecule has 0 saturated heterocycles. The zero-order chi connectivity index (χ0) is 31.6. The van der Waals surface area contributed by atoms with Gasteiger partial charge in [0.05, 0.1) is 12.7 Å². The van der Waals surface area contributed by atoms with Gasteiger partial charge in [-0.3, -0.25) is 9.59 Å². The fourth-order valence-corrected chi connectivity index (χ4v) is 6.20. The minimum absolute atomic E-state index is 0.0572. The van der Waals surface area contributed by atoms with E-state index in [0.717, 1.165) is 38.5 Å².